The number of aromatic amines is 1. The van der Waals surface area contributed by atoms with Crippen LogP contribution in [0.1, 0.15) is 19.2 Å². The third-order valence-electron chi connectivity index (χ3n) is 3.41. The quantitative estimate of drug-likeness (QED) is 0.688. The van der Waals surface area contributed by atoms with Gasteiger partial charge in [-0.05, 0) is 6.42 Å². The number of piperazine rings is 1. The monoisotopic (exact) mass is 238 g/mol. The summed E-state index contributed by atoms with van der Waals surface area (Å²) in [6.07, 6.45) is 3.77. The number of carboxylic acids is 1. The number of aliphatic carboxylic acids is 1. The van der Waals surface area contributed by atoms with Gasteiger partial charge >= 0.3 is 5.97 Å². The number of rotatable bonds is 4. The van der Waals surface area contributed by atoms with E-state index in [1.807, 2.05) is 11.8 Å². The molecule has 1 unspecified atom stereocenters. The number of nitrogens with zero attached hydrogens (tertiary/aromatic N) is 2. The molecular formula is C11H18N4O2. The van der Waals surface area contributed by atoms with Gasteiger partial charge in [0.1, 0.15) is 5.82 Å². The highest BCUT2D eigenvalue weighted by atomic mass is 16.4. The lowest BCUT2D eigenvalue weighted by Crippen LogP contribution is -2.58. The predicted octanol–water partition coefficient (Wildman–Crippen LogP) is 0.00480. The van der Waals surface area contributed by atoms with Crippen LogP contribution in [0.15, 0.2) is 12.4 Å². The maximum Gasteiger partial charge on any atom is 0.332 e. The molecule has 94 valence electrons. The van der Waals surface area contributed by atoms with Crippen LogP contribution in [0.5, 0.6) is 0 Å². The van der Waals surface area contributed by atoms with Crippen LogP contribution in [0.4, 0.5) is 0 Å². The second-order valence-corrected chi connectivity index (χ2v) is 4.19. The Morgan fingerprint density at radius 2 is 2.29 bits per heavy atom. The van der Waals surface area contributed by atoms with E-state index in [-0.39, 0.29) is 0 Å². The van der Waals surface area contributed by atoms with Crippen molar-refractivity contribution in [2.45, 2.75) is 18.9 Å². The van der Waals surface area contributed by atoms with Crippen molar-refractivity contribution in [3.05, 3.63) is 18.2 Å². The van der Waals surface area contributed by atoms with E-state index in [0.717, 1.165) is 26.2 Å². The molecule has 1 fully saturated rings. The van der Waals surface area contributed by atoms with Crippen molar-refractivity contribution < 1.29 is 9.90 Å². The molecule has 3 N–H and O–H groups in total. The van der Waals surface area contributed by atoms with Gasteiger partial charge in [0, 0.05) is 38.6 Å². The van der Waals surface area contributed by atoms with E-state index in [1.165, 1.54) is 0 Å². The van der Waals surface area contributed by atoms with Crippen molar-refractivity contribution in [3.63, 3.8) is 0 Å². The average Bonchev–Trinajstić information content (AvgIpc) is 2.86. The summed E-state index contributed by atoms with van der Waals surface area (Å²) in [5, 5.41) is 12.9. The minimum Gasteiger partial charge on any atom is -0.480 e. The Balaban J connectivity index is 2.38. The summed E-state index contributed by atoms with van der Waals surface area (Å²) in [7, 11) is 0. The number of imidazole rings is 1. The maximum atomic E-state index is 11.7. The number of carbonyl (C=O) groups is 1. The zero-order valence-corrected chi connectivity index (χ0v) is 9.94. The summed E-state index contributed by atoms with van der Waals surface area (Å²) < 4.78 is 0. The van der Waals surface area contributed by atoms with Crippen LogP contribution in [0.2, 0.25) is 0 Å². The molecule has 0 amide bonds. The molecule has 1 aliphatic heterocycles. The number of nitrogens with one attached hydrogen (secondary N) is 2. The first kappa shape index (κ1) is 12.1. The number of hydrogen-bond acceptors (Lipinski definition) is 4. The SMILES string of the molecule is CCC(C(=O)O)(c1ncc[nH]1)N1CCNCC1. The van der Waals surface area contributed by atoms with E-state index in [2.05, 4.69) is 15.3 Å². The Bertz CT molecular complexity index is 373. The highest BCUT2D eigenvalue weighted by Crippen LogP contribution is 2.30. The average molecular weight is 238 g/mol. The number of H-pyrrole nitrogens is 1. The zero-order chi connectivity index (χ0) is 12.3. The van der Waals surface area contributed by atoms with E-state index in [1.54, 1.807) is 12.4 Å². The summed E-state index contributed by atoms with van der Waals surface area (Å²) in [4.78, 5) is 20.8. The summed E-state index contributed by atoms with van der Waals surface area (Å²) in [6.45, 7) is 4.96. The Morgan fingerprint density at radius 1 is 1.59 bits per heavy atom. The summed E-state index contributed by atoms with van der Waals surface area (Å²) in [5.41, 5.74) is -1.02. The molecule has 2 rings (SSSR count). The first-order chi connectivity index (χ1) is 8.21. The normalized spacial score (nSPS) is 21.0. The van der Waals surface area contributed by atoms with Crippen molar-refractivity contribution in [1.29, 1.82) is 0 Å². The lowest BCUT2D eigenvalue weighted by molar-refractivity contribution is -0.154. The molecule has 0 radical (unpaired) electrons. The Hall–Kier alpha value is -1.40. The molecule has 2 heterocycles. The van der Waals surface area contributed by atoms with Gasteiger partial charge in [0.15, 0.2) is 5.54 Å². The fraction of sp³-hybridized carbons (Fsp3) is 0.636. The van der Waals surface area contributed by atoms with Crippen molar-refractivity contribution in [1.82, 2.24) is 20.2 Å². The van der Waals surface area contributed by atoms with Gasteiger partial charge in [-0.25, -0.2) is 9.78 Å². The van der Waals surface area contributed by atoms with Gasteiger partial charge in [0.2, 0.25) is 0 Å². The first-order valence-corrected chi connectivity index (χ1v) is 5.91. The molecule has 1 aliphatic rings. The fourth-order valence-corrected chi connectivity index (χ4v) is 2.47. The van der Waals surface area contributed by atoms with Gasteiger partial charge in [-0.3, -0.25) is 4.90 Å². The van der Waals surface area contributed by atoms with Gasteiger partial charge < -0.3 is 15.4 Å². The van der Waals surface area contributed by atoms with Crippen LogP contribution in [-0.2, 0) is 10.3 Å². The third kappa shape index (κ3) is 1.94. The number of aromatic nitrogens is 2. The highest BCUT2D eigenvalue weighted by Gasteiger charge is 2.46. The molecule has 6 heteroatoms. The maximum absolute atomic E-state index is 11.7. The van der Waals surface area contributed by atoms with Gasteiger partial charge in [-0.1, -0.05) is 6.92 Å². The Morgan fingerprint density at radius 3 is 2.76 bits per heavy atom. The minimum absolute atomic E-state index is 0.496. The predicted molar refractivity (Wildman–Crippen MR) is 62.6 cm³/mol. The molecule has 1 saturated heterocycles. The van der Waals surface area contributed by atoms with E-state index >= 15 is 0 Å². The van der Waals surface area contributed by atoms with Crippen LogP contribution in [-0.4, -0.2) is 52.1 Å². The smallest absolute Gasteiger partial charge is 0.332 e. The van der Waals surface area contributed by atoms with Gasteiger partial charge in [0.25, 0.3) is 0 Å². The minimum atomic E-state index is -1.02. The van der Waals surface area contributed by atoms with Crippen LogP contribution >= 0.6 is 0 Å². The second-order valence-electron chi connectivity index (χ2n) is 4.19. The second kappa shape index (κ2) is 4.85. The van der Waals surface area contributed by atoms with Crippen molar-refractivity contribution in [2.24, 2.45) is 0 Å². The molecule has 17 heavy (non-hydrogen) atoms. The summed E-state index contributed by atoms with van der Waals surface area (Å²) in [6, 6.07) is 0. The Kier molecular flexibility index (Phi) is 3.44. The Labute approximate surface area is 100 Å². The van der Waals surface area contributed by atoms with Gasteiger partial charge in [-0.15, -0.1) is 0 Å². The van der Waals surface area contributed by atoms with Crippen LogP contribution in [0, 0.1) is 0 Å². The zero-order valence-electron chi connectivity index (χ0n) is 9.94. The molecule has 0 aliphatic carbocycles. The molecule has 6 nitrogen and oxygen atoms in total. The molecule has 0 saturated carbocycles. The number of carboxylic acid groups (broad SMARTS) is 1. The summed E-state index contributed by atoms with van der Waals surface area (Å²) in [5.74, 6) is -0.314. The molecule has 1 atom stereocenters. The van der Waals surface area contributed by atoms with E-state index in [4.69, 9.17) is 0 Å². The van der Waals surface area contributed by atoms with Crippen LogP contribution in [0.3, 0.4) is 0 Å². The standard InChI is InChI=1S/C11H18N4O2/c1-2-11(10(16)17,9-13-3-4-14-9)15-7-5-12-6-8-15/h3-4,12H,2,5-8H2,1H3,(H,13,14)(H,16,17). The highest BCUT2D eigenvalue weighted by molar-refractivity contribution is 5.79. The van der Waals surface area contributed by atoms with Gasteiger partial charge in [0.05, 0.1) is 0 Å². The van der Waals surface area contributed by atoms with E-state index in [0.29, 0.717) is 12.2 Å². The van der Waals surface area contributed by atoms with Crippen LogP contribution in [0.25, 0.3) is 0 Å². The third-order valence-corrected chi connectivity index (χ3v) is 3.41. The van der Waals surface area contributed by atoms with E-state index in [9.17, 15) is 9.90 Å². The molecular weight excluding hydrogens is 220 g/mol. The van der Waals surface area contributed by atoms with Crippen molar-refractivity contribution >= 4 is 5.97 Å². The van der Waals surface area contributed by atoms with Crippen molar-refractivity contribution in [2.75, 3.05) is 26.2 Å². The fourth-order valence-electron chi connectivity index (χ4n) is 2.47. The largest absolute Gasteiger partial charge is 0.480 e. The topological polar surface area (TPSA) is 81.2 Å². The van der Waals surface area contributed by atoms with Gasteiger partial charge in [-0.2, -0.15) is 0 Å². The molecule has 0 aromatic carbocycles. The summed E-state index contributed by atoms with van der Waals surface area (Å²) >= 11 is 0. The van der Waals surface area contributed by atoms with Crippen molar-refractivity contribution in [3.8, 4) is 0 Å². The molecule has 1 aromatic rings. The number of hydrogen-bond donors (Lipinski definition) is 3. The van der Waals surface area contributed by atoms with Crippen LogP contribution < -0.4 is 5.32 Å². The molecule has 1 aromatic heterocycles. The lowest BCUT2D eigenvalue weighted by atomic mass is 9.92. The molecule has 0 bridgehead atoms. The lowest BCUT2D eigenvalue weighted by Gasteiger charge is -2.40. The van der Waals surface area contributed by atoms with E-state index < -0.39 is 11.5 Å². The first-order valence-electron chi connectivity index (χ1n) is 5.91. The molecule has 0 spiro atoms.